The summed E-state index contributed by atoms with van der Waals surface area (Å²) in [6, 6.07) is 4.47. The molecule has 0 aliphatic rings. The summed E-state index contributed by atoms with van der Waals surface area (Å²) in [6.45, 7) is 13.3. The Hall–Kier alpha value is -2.90. The van der Waals surface area contributed by atoms with Crippen molar-refractivity contribution in [2.75, 3.05) is 12.3 Å². The van der Waals surface area contributed by atoms with E-state index in [2.05, 4.69) is 9.97 Å². The molecule has 0 radical (unpaired) electrons. The van der Waals surface area contributed by atoms with Crippen LogP contribution in [-0.2, 0) is 0 Å². The minimum absolute atomic E-state index is 0.0677. The van der Waals surface area contributed by atoms with E-state index in [-0.39, 0.29) is 29.8 Å². The summed E-state index contributed by atoms with van der Waals surface area (Å²) in [7, 11) is 0. The second kappa shape index (κ2) is 9.08. The lowest BCUT2D eigenvalue weighted by Gasteiger charge is -2.47. The van der Waals surface area contributed by atoms with E-state index < -0.39 is 23.0 Å². The molecule has 3 N–H and O–H groups in total. The molecule has 0 fully saturated rings. The summed E-state index contributed by atoms with van der Waals surface area (Å²) in [6.07, 6.45) is 1.06. The summed E-state index contributed by atoms with van der Waals surface area (Å²) in [5.41, 5.74) is 5.42. The van der Waals surface area contributed by atoms with E-state index in [1.165, 1.54) is 17.2 Å². The number of nitrogens with two attached hydrogens (primary N) is 1. The summed E-state index contributed by atoms with van der Waals surface area (Å²) in [5, 5.41) is 9.92. The van der Waals surface area contributed by atoms with Crippen LogP contribution in [0.25, 0.3) is 11.3 Å². The molecule has 0 spiro atoms. The van der Waals surface area contributed by atoms with Gasteiger partial charge in [0.25, 0.3) is 0 Å². The van der Waals surface area contributed by atoms with Crippen LogP contribution in [0.5, 0.6) is 5.75 Å². The molecule has 2 aromatic heterocycles. The van der Waals surface area contributed by atoms with E-state index in [1.54, 1.807) is 19.1 Å². The first-order chi connectivity index (χ1) is 14.2. The van der Waals surface area contributed by atoms with Crippen LogP contribution in [0.2, 0.25) is 0 Å². The highest BCUT2D eigenvalue weighted by Gasteiger charge is 2.43. The first kappa shape index (κ1) is 24.4. The second-order valence-corrected chi connectivity index (χ2v) is 9.54. The maximum absolute atomic E-state index is 14.8. The number of pyridine rings is 2. The number of amides is 1. The summed E-state index contributed by atoms with van der Waals surface area (Å²) in [4.78, 5) is 21.8. The van der Waals surface area contributed by atoms with Crippen molar-refractivity contribution in [3.63, 3.8) is 0 Å². The number of aromatic nitrogens is 2. The summed E-state index contributed by atoms with van der Waals surface area (Å²) in [5.74, 6) is 0.227. The van der Waals surface area contributed by atoms with Crippen LogP contribution in [0.15, 0.2) is 24.4 Å². The molecule has 31 heavy (non-hydrogen) atoms. The number of carbonyl (C=O) groups is 1. The Bertz CT molecular complexity index is 943. The molecule has 1 atom stereocenters. The topological polar surface area (TPSA) is 102 Å². The molecule has 2 aromatic rings. The maximum atomic E-state index is 14.8. The van der Waals surface area contributed by atoms with E-state index in [4.69, 9.17) is 10.5 Å². The van der Waals surface area contributed by atoms with Crippen molar-refractivity contribution < 1.29 is 19.0 Å². The molecule has 0 aliphatic heterocycles. The lowest BCUT2D eigenvalue weighted by molar-refractivity contribution is -0.0111. The lowest BCUT2D eigenvalue weighted by Crippen LogP contribution is -2.61. The van der Waals surface area contributed by atoms with Crippen molar-refractivity contribution in [1.82, 2.24) is 14.9 Å². The number of hydrogen-bond acceptors (Lipinski definition) is 5. The van der Waals surface area contributed by atoms with Crippen molar-refractivity contribution in [1.29, 1.82) is 0 Å². The Morgan fingerprint density at radius 1 is 1.29 bits per heavy atom. The average Bonchev–Trinajstić information content (AvgIpc) is 2.59. The number of rotatable bonds is 7. The number of nitrogens with zero attached hydrogens (tertiary/aromatic N) is 3. The average molecular weight is 433 g/mol. The van der Waals surface area contributed by atoms with Crippen molar-refractivity contribution in [3.8, 4) is 17.0 Å². The van der Waals surface area contributed by atoms with Gasteiger partial charge in [0.2, 0.25) is 0 Å². The SMILES string of the molecule is Cc1nc(-c2ccnc(N)c2)c(F)cc1OCC(C)(CC(C)C)N(C(=O)O)C(C)(C)C. The zero-order valence-electron chi connectivity index (χ0n) is 19.4. The number of anilines is 1. The standard InChI is InChI=1S/C23H33FN4O3/c1-14(2)12-23(7,28(21(29)30)22(4,5)6)13-31-18-11-17(24)20(27-15(18)3)16-8-9-26-19(25)10-16/h8-11,14H,12-13H2,1-7H3,(H2,25,26)(H,29,30). The predicted octanol–water partition coefficient (Wildman–Crippen LogP) is 5.14. The molecule has 2 rings (SSSR count). The van der Waals surface area contributed by atoms with Gasteiger partial charge in [-0.05, 0) is 59.1 Å². The van der Waals surface area contributed by atoms with Gasteiger partial charge < -0.3 is 15.6 Å². The van der Waals surface area contributed by atoms with Gasteiger partial charge in [0, 0.05) is 23.4 Å². The fraction of sp³-hybridized carbons (Fsp3) is 0.522. The van der Waals surface area contributed by atoms with Crippen molar-refractivity contribution in [3.05, 3.63) is 35.9 Å². The number of nitrogen functional groups attached to an aromatic ring is 1. The molecule has 1 amide bonds. The van der Waals surface area contributed by atoms with Crippen LogP contribution in [0, 0.1) is 18.7 Å². The normalized spacial score (nSPS) is 13.7. The van der Waals surface area contributed by atoms with Gasteiger partial charge in [-0.15, -0.1) is 0 Å². The van der Waals surface area contributed by atoms with E-state index >= 15 is 0 Å². The highest BCUT2D eigenvalue weighted by atomic mass is 19.1. The van der Waals surface area contributed by atoms with Crippen LogP contribution in [-0.4, -0.2) is 43.8 Å². The molecule has 0 aliphatic carbocycles. The molecule has 0 bridgehead atoms. The Balaban J connectivity index is 2.37. The third-order valence-corrected chi connectivity index (χ3v) is 4.96. The Morgan fingerprint density at radius 2 is 1.94 bits per heavy atom. The monoisotopic (exact) mass is 432 g/mol. The van der Waals surface area contributed by atoms with Gasteiger partial charge in [-0.1, -0.05) is 13.8 Å². The third-order valence-electron chi connectivity index (χ3n) is 4.96. The molecule has 0 saturated carbocycles. The van der Waals surface area contributed by atoms with Gasteiger partial charge in [-0.3, -0.25) is 4.90 Å². The molecule has 2 heterocycles. The lowest BCUT2D eigenvalue weighted by atomic mass is 9.86. The van der Waals surface area contributed by atoms with Crippen molar-refractivity contribution >= 4 is 11.9 Å². The van der Waals surface area contributed by atoms with Crippen molar-refractivity contribution in [2.45, 2.75) is 66.0 Å². The molecule has 1 unspecified atom stereocenters. The number of hydrogen-bond donors (Lipinski definition) is 2. The first-order valence-corrected chi connectivity index (χ1v) is 10.3. The van der Waals surface area contributed by atoms with Crippen LogP contribution in [0.1, 0.15) is 53.7 Å². The molecule has 0 saturated heterocycles. The number of carboxylic acid groups (broad SMARTS) is 1. The quantitative estimate of drug-likeness (QED) is 0.628. The largest absolute Gasteiger partial charge is 0.489 e. The molecule has 170 valence electrons. The van der Waals surface area contributed by atoms with Gasteiger partial charge in [0.05, 0.1) is 11.2 Å². The fourth-order valence-electron chi connectivity index (χ4n) is 4.16. The predicted molar refractivity (Wildman–Crippen MR) is 120 cm³/mol. The zero-order chi connectivity index (χ0) is 23.6. The smallest absolute Gasteiger partial charge is 0.408 e. The fourth-order valence-corrected chi connectivity index (χ4v) is 4.16. The number of aryl methyl sites for hydroxylation is 1. The van der Waals surface area contributed by atoms with Gasteiger partial charge in [-0.2, -0.15) is 0 Å². The Labute approximate surface area is 183 Å². The molecule has 8 heteroatoms. The van der Waals surface area contributed by atoms with E-state index in [9.17, 15) is 14.3 Å². The number of halogens is 1. The van der Waals surface area contributed by atoms with Crippen LogP contribution in [0.4, 0.5) is 15.0 Å². The minimum Gasteiger partial charge on any atom is -0.489 e. The summed E-state index contributed by atoms with van der Waals surface area (Å²) < 4.78 is 20.8. The second-order valence-electron chi connectivity index (χ2n) is 9.54. The van der Waals surface area contributed by atoms with Crippen LogP contribution in [0.3, 0.4) is 0 Å². The van der Waals surface area contributed by atoms with E-state index in [0.29, 0.717) is 17.7 Å². The van der Waals surface area contributed by atoms with Gasteiger partial charge in [-0.25, -0.2) is 19.2 Å². The van der Waals surface area contributed by atoms with Gasteiger partial charge in [0.15, 0.2) is 5.82 Å². The third kappa shape index (κ3) is 5.83. The molecule has 7 nitrogen and oxygen atoms in total. The van der Waals surface area contributed by atoms with Crippen molar-refractivity contribution in [2.24, 2.45) is 5.92 Å². The summed E-state index contributed by atoms with van der Waals surface area (Å²) >= 11 is 0. The van der Waals surface area contributed by atoms with E-state index in [0.717, 1.165) is 0 Å². The van der Waals surface area contributed by atoms with Gasteiger partial charge >= 0.3 is 6.09 Å². The number of ether oxygens (including phenoxy) is 1. The Kier molecular flexibility index (Phi) is 7.14. The molecular formula is C23H33FN4O3. The maximum Gasteiger partial charge on any atom is 0.408 e. The van der Waals surface area contributed by atoms with Crippen LogP contribution < -0.4 is 10.5 Å². The highest BCUT2D eigenvalue weighted by Crippen LogP contribution is 2.33. The highest BCUT2D eigenvalue weighted by molar-refractivity contribution is 5.67. The first-order valence-electron chi connectivity index (χ1n) is 10.3. The molecule has 0 aromatic carbocycles. The minimum atomic E-state index is -1.02. The van der Waals surface area contributed by atoms with Crippen LogP contribution >= 0.6 is 0 Å². The zero-order valence-corrected chi connectivity index (χ0v) is 19.4. The molecular weight excluding hydrogens is 399 g/mol. The Morgan fingerprint density at radius 3 is 2.45 bits per heavy atom. The van der Waals surface area contributed by atoms with Gasteiger partial charge in [0.1, 0.15) is 23.9 Å². The van der Waals surface area contributed by atoms with E-state index in [1.807, 2.05) is 41.5 Å².